The van der Waals surface area contributed by atoms with Crippen LogP contribution in [0.5, 0.6) is 5.75 Å². The Morgan fingerprint density at radius 1 is 1.13 bits per heavy atom. The lowest BCUT2D eigenvalue weighted by Gasteiger charge is -2.29. The maximum atomic E-state index is 13.6. The highest BCUT2D eigenvalue weighted by Crippen LogP contribution is 2.32. The Morgan fingerprint density at radius 3 is 2.42 bits per heavy atom. The van der Waals surface area contributed by atoms with Crippen LogP contribution in [0.25, 0.3) is 0 Å². The van der Waals surface area contributed by atoms with E-state index in [0.29, 0.717) is 11.3 Å². The van der Waals surface area contributed by atoms with Gasteiger partial charge in [0.25, 0.3) is 11.8 Å². The van der Waals surface area contributed by atoms with Gasteiger partial charge >= 0.3 is 6.03 Å². The van der Waals surface area contributed by atoms with Crippen molar-refractivity contribution in [2.45, 2.75) is 31.8 Å². The van der Waals surface area contributed by atoms with Gasteiger partial charge in [0.1, 0.15) is 23.5 Å². The maximum Gasteiger partial charge on any atom is 0.325 e. The van der Waals surface area contributed by atoms with Crippen molar-refractivity contribution in [2.24, 2.45) is 5.73 Å². The van der Waals surface area contributed by atoms with E-state index >= 15 is 0 Å². The third-order valence-corrected chi connectivity index (χ3v) is 6.76. The second-order valence-electron chi connectivity index (χ2n) is 8.64. The van der Waals surface area contributed by atoms with Gasteiger partial charge in [0.2, 0.25) is 5.91 Å². The smallest absolute Gasteiger partial charge is 0.325 e. The first-order valence-corrected chi connectivity index (χ1v) is 12.5. The number of ether oxygens (including phenoxy) is 1. The van der Waals surface area contributed by atoms with E-state index in [-0.39, 0.29) is 23.2 Å². The lowest BCUT2D eigenvalue weighted by atomic mass is 9.91. The van der Waals surface area contributed by atoms with Crippen LogP contribution >= 0.6 is 11.3 Å². The fourth-order valence-corrected chi connectivity index (χ4v) is 4.83. The highest BCUT2D eigenvalue weighted by molar-refractivity contribution is 7.14. The first-order chi connectivity index (χ1) is 18.2. The van der Waals surface area contributed by atoms with Crippen molar-refractivity contribution < 1.29 is 28.7 Å². The predicted molar refractivity (Wildman–Crippen MR) is 139 cm³/mol. The molecule has 0 radical (unpaired) electrons. The first kappa shape index (κ1) is 26.5. The number of nitrogens with one attached hydrogen (secondary N) is 2. The Hall–Kier alpha value is -4.58. The number of nitrogens with two attached hydrogens (primary N) is 1. The minimum atomic E-state index is -1.21. The van der Waals surface area contributed by atoms with E-state index in [1.54, 1.807) is 43.3 Å². The molecule has 11 nitrogen and oxygen atoms in total. The number of aromatic nitrogens is 1. The number of hydrogen-bond acceptors (Lipinski definition) is 8. The van der Waals surface area contributed by atoms with Crippen molar-refractivity contribution in [3.8, 4) is 5.75 Å². The van der Waals surface area contributed by atoms with Gasteiger partial charge in [-0.25, -0.2) is 14.7 Å². The summed E-state index contributed by atoms with van der Waals surface area (Å²) in [6.07, 6.45) is 0. The summed E-state index contributed by atoms with van der Waals surface area (Å²) in [7, 11) is 0. The molecule has 0 saturated carbocycles. The second-order valence-corrected chi connectivity index (χ2v) is 9.50. The predicted octanol–water partition coefficient (Wildman–Crippen LogP) is 2.61. The Morgan fingerprint density at radius 2 is 1.82 bits per heavy atom. The molecule has 3 aromatic rings. The van der Waals surface area contributed by atoms with Crippen LogP contribution in [0.3, 0.4) is 0 Å². The quantitative estimate of drug-likeness (QED) is 0.266. The molecular formula is C26H25N5O6S. The highest BCUT2D eigenvalue weighted by atomic mass is 32.1. The van der Waals surface area contributed by atoms with Gasteiger partial charge < -0.3 is 21.1 Å². The maximum absolute atomic E-state index is 13.6. The van der Waals surface area contributed by atoms with Crippen LogP contribution in [-0.4, -0.2) is 52.1 Å². The molecule has 2 aromatic carbocycles. The SMILES string of the molecule is CC(=O)c1csc(NC(=O)[C@H]([C@@H](C)c2ccccc2)N2C(=O)NC(c3ccc(OCC(N)=O)cc3)C2=O)n1. The zero-order valence-corrected chi connectivity index (χ0v) is 21.4. The molecule has 1 fully saturated rings. The molecule has 5 amide bonds. The summed E-state index contributed by atoms with van der Waals surface area (Å²) < 4.78 is 5.24. The lowest BCUT2D eigenvalue weighted by molar-refractivity contribution is -0.134. The number of primary amides is 1. The van der Waals surface area contributed by atoms with E-state index in [0.717, 1.165) is 21.8 Å². The average Bonchev–Trinajstić information content (AvgIpc) is 3.48. The van der Waals surface area contributed by atoms with Crippen molar-refractivity contribution in [1.29, 1.82) is 0 Å². The number of rotatable bonds is 10. The molecule has 196 valence electrons. The topological polar surface area (TPSA) is 161 Å². The lowest BCUT2D eigenvalue weighted by Crippen LogP contribution is -2.50. The molecule has 4 N–H and O–H groups in total. The molecule has 12 heteroatoms. The molecule has 38 heavy (non-hydrogen) atoms. The Labute approximate surface area is 222 Å². The largest absolute Gasteiger partial charge is 0.484 e. The fourth-order valence-electron chi connectivity index (χ4n) is 4.07. The summed E-state index contributed by atoms with van der Waals surface area (Å²) >= 11 is 1.07. The van der Waals surface area contributed by atoms with E-state index in [2.05, 4.69) is 15.6 Å². The van der Waals surface area contributed by atoms with Gasteiger partial charge in [-0.3, -0.25) is 19.2 Å². The standard InChI is InChI=1S/C26H25N5O6S/c1-14(16-6-4-3-5-7-16)22(23(34)30-25-28-19(13-38-25)15(2)32)31-24(35)21(29-26(31)36)17-8-10-18(11-9-17)37-12-20(27)33/h3-11,13-14,21-22H,12H2,1-2H3,(H2,27,33)(H,29,36)(H,28,30,34)/t14-,21?,22-/m0/s1. The third kappa shape index (κ3) is 5.70. The molecule has 1 saturated heterocycles. The monoisotopic (exact) mass is 535 g/mol. The molecule has 1 aromatic heterocycles. The number of carbonyl (C=O) groups is 5. The number of Topliss-reactive ketones (excluding diaryl/α,β-unsaturated/α-hetero) is 1. The number of ketones is 1. The second kappa shape index (κ2) is 11.2. The summed E-state index contributed by atoms with van der Waals surface area (Å²) in [5, 5.41) is 7.01. The Kier molecular flexibility index (Phi) is 7.82. The molecular weight excluding hydrogens is 510 g/mol. The number of hydrogen-bond donors (Lipinski definition) is 3. The summed E-state index contributed by atoms with van der Waals surface area (Å²) in [5.41, 5.74) is 6.51. The fraction of sp³-hybridized carbons (Fsp3) is 0.231. The van der Waals surface area contributed by atoms with Gasteiger partial charge in [-0.05, 0) is 23.3 Å². The number of carbonyl (C=O) groups excluding carboxylic acids is 5. The molecule has 4 rings (SSSR count). The minimum absolute atomic E-state index is 0.181. The summed E-state index contributed by atoms with van der Waals surface area (Å²) in [4.78, 5) is 67.8. The number of amides is 5. The molecule has 2 heterocycles. The molecule has 0 spiro atoms. The van der Waals surface area contributed by atoms with Gasteiger partial charge in [0.05, 0.1) is 0 Å². The highest BCUT2D eigenvalue weighted by Gasteiger charge is 2.47. The van der Waals surface area contributed by atoms with Crippen molar-refractivity contribution >= 4 is 46.0 Å². The van der Waals surface area contributed by atoms with Crippen molar-refractivity contribution in [2.75, 3.05) is 11.9 Å². The van der Waals surface area contributed by atoms with Crippen LogP contribution in [-0.2, 0) is 14.4 Å². The average molecular weight is 536 g/mol. The molecule has 1 unspecified atom stereocenters. The summed E-state index contributed by atoms with van der Waals surface area (Å²) in [6, 6.07) is 12.3. The van der Waals surface area contributed by atoms with Gasteiger partial charge in [-0.2, -0.15) is 0 Å². The zero-order chi connectivity index (χ0) is 27.4. The number of thiazole rings is 1. The molecule has 1 aliphatic heterocycles. The molecule has 0 aliphatic carbocycles. The van der Waals surface area contributed by atoms with Crippen LogP contribution < -0.4 is 21.1 Å². The van der Waals surface area contributed by atoms with E-state index < -0.39 is 41.8 Å². The van der Waals surface area contributed by atoms with E-state index in [9.17, 15) is 24.0 Å². The van der Waals surface area contributed by atoms with Crippen molar-refractivity contribution in [3.05, 3.63) is 76.8 Å². The van der Waals surface area contributed by atoms with Crippen LogP contribution in [0.4, 0.5) is 9.93 Å². The van der Waals surface area contributed by atoms with Crippen molar-refractivity contribution in [3.63, 3.8) is 0 Å². The summed E-state index contributed by atoms with van der Waals surface area (Å²) in [5.74, 6) is -2.31. The molecule has 0 bridgehead atoms. The van der Waals surface area contributed by atoms with Gasteiger partial charge in [-0.15, -0.1) is 11.3 Å². The third-order valence-electron chi connectivity index (χ3n) is 6.01. The van der Waals surface area contributed by atoms with Crippen molar-refractivity contribution in [1.82, 2.24) is 15.2 Å². The van der Waals surface area contributed by atoms with Crippen LogP contribution in [0.2, 0.25) is 0 Å². The van der Waals surface area contributed by atoms with E-state index in [1.807, 2.05) is 18.2 Å². The minimum Gasteiger partial charge on any atom is -0.484 e. The number of anilines is 1. The number of imide groups is 1. The molecule has 3 atom stereocenters. The number of benzene rings is 2. The number of nitrogens with zero attached hydrogens (tertiary/aromatic N) is 2. The van der Waals surface area contributed by atoms with Crippen LogP contribution in [0, 0.1) is 0 Å². The summed E-state index contributed by atoms with van der Waals surface area (Å²) in [6.45, 7) is 2.82. The Bertz CT molecular complexity index is 1370. The van der Waals surface area contributed by atoms with Gasteiger partial charge in [0.15, 0.2) is 17.5 Å². The van der Waals surface area contributed by atoms with E-state index in [4.69, 9.17) is 10.5 Å². The van der Waals surface area contributed by atoms with Gasteiger partial charge in [0, 0.05) is 18.2 Å². The zero-order valence-electron chi connectivity index (χ0n) is 20.5. The van der Waals surface area contributed by atoms with Gasteiger partial charge in [-0.1, -0.05) is 49.4 Å². The van der Waals surface area contributed by atoms with Crippen LogP contribution in [0.1, 0.15) is 47.4 Å². The number of urea groups is 1. The van der Waals surface area contributed by atoms with E-state index in [1.165, 1.54) is 12.3 Å². The Balaban J connectivity index is 1.61. The normalized spacial score (nSPS) is 16.5. The van der Waals surface area contributed by atoms with Crippen LogP contribution in [0.15, 0.2) is 60.0 Å². The first-order valence-electron chi connectivity index (χ1n) is 11.6. The molecule has 1 aliphatic rings.